The summed E-state index contributed by atoms with van der Waals surface area (Å²) < 4.78 is 19.0. The van der Waals surface area contributed by atoms with Crippen LogP contribution in [0.25, 0.3) is 16.8 Å². The standard InChI is InChI=1S/C19H13FN4O3S/c1-27-15-5-2-12(3-6-15)18-11-28-19(23-18)13(9-21)10-22-17-8-14(24(25)26)4-7-16(17)20/h2-8,10-11,22H,1H3. The smallest absolute Gasteiger partial charge is 0.271 e. The second-order valence-corrected chi connectivity index (χ2v) is 6.36. The molecule has 0 saturated carbocycles. The van der Waals surface area contributed by atoms with Gasteiger partial charge >= 0.3 is 0 Å². The predicted octanol–water partition coefficient (Wildman–Crippen LogP) is 4.84. The number of rotatable bonds is 6. The van der Waals surface area contributed by atoms with Crippen LogP contribution in [0.15, 0.2) is 54.0 Å². The SMILES string of the molecule is COc1ccc(-c2csc(C(C#N)=CNc3cc([N+](=O)[O-])ccc3F)n2)cc1. The highest BCUT2D eigenvalue weighted by molar-refractivity contribution is 7.11. The average Bonchev–Trinajstić information content (AvgIpc) is 3.19. The lowest BCUT2D eigenvalue weighted by Crippen LogP contribution is -1.96. The molecule has 0 aliphatic rings. The molecule has 0 atom stereocenters. The third-order valence-electron chi connectivity index (χ3n) is 3.77. The van der Waals surface area contributed by atoms with Crippen LogP contribution in [0.3, 0.4) is 0 Å². The summed E-state index contributed by atoms with van der Waals surface area (Å²) >= 11 is 1.26. The first-order valence-electron chi connectivity index (χ1n) is 7.93. The Morgan fingerprint density at radius 3 is 2.75 bits per heavy atom. The second kappa shape index (κ2) is 8.28. The Kier molecular flexibility index (Phi) is 5.62. The molecule has 0 spiro atoms. The number of hydrogen-bond donors (Lipinski definition) is 1. The summed E-state index contributed by atoms with van der Waals surface area (Å²) in [6.07, 6.45) is 1.28. The maximum absolute atomic E-state index is 13.9. The topological polar surface area (TPSA) is 101 Å². The summed E-state index contributed by atoms with van der Waals surface area (Å²) in [6, 6.07) is 12.4. The lowest BCUT2D eigenvalue weighted by atomic mass is 10.2. The van der Waals surface area contributed by atoms with Gasteiger partial charge in [0, 0.05) is 29.3 Å². The Morgan fingerprint density at radius 1 is 1.36 bits per heavy atom. The average molecular weight is 396 g/mol. The minimum Gasteiger partial charge on any atom is -0.497 e. The Balaban J connectivity index is 1.84. The van der Waals surface area contributed by atoms with Gasteiger partial charge in [-0.15, -0.1) is 11.3 Å². The van der Waals surface area contributed by atoms with Crippen molar-refractivity contribution in [2.75, 3.05) is 12.4 Å². The minimum absolute atomic E-state index is 0.103. The highest BCUT2D eigenvalue weighted by Gasteiger charge is 2.12. The van der Waals surface area contributed by atoms with Crippen LogP contribution in [-0.4, -0.2) is 17.0 Å². The lowest BCUT2D eigenvalue weighted by molar-refractivity contribution is -0.384. The molecule has 0 bridgehead atoms. The molecule has 2 aromatic carbocycles. The number of non-ortho nitro benzene ring substituents is 1. The molecule has 7 nitrogen and oxygen atoms in total. The molecule has 1 heterocycles. The molecule has 9 heteroatoms. The molecule has 0 aliphatic heterocycles. The lowest BCUT2D eigenvalue weighted by Gasteiger charge is -2.03. The third-order valence-corrected chi connectivity index (χ3v) is 4.65. The Hall–Kier alpha value is -3.77. The van der Waals surface area contributed by atoms with Crippen molar-refractivity contribution >= 4 is 28.3 Å². The van der Waals surface area contributed by atoms with Crippen LogP contribution in [0.1, 0.15) is 5.01 Å². The van der Waals surface area contributed by atoms with E-state index in [0.717, 1.165) is 29.5 Å². The van der Waals surface area contributed by atoms with Gasteiger partial charge in [-0.05, 0) is 30.3 Å². The van der Waals surface area contributed by atoms with E-state index in [9.17, 15) is 19.8 Å². The number of allylic oxidation sites excluding steroid dienone is 1. The summed E-state index contributed by atoms with van der Waals surface area (Å²) in [4.78, 5) is 14.6. The highest BCUT2D eigenvalue weighted by atomic mass is 32.1. The summed E-state index contributed by atoms with van der Waals surface area (Å²) in [5.41, 5.74) is 1.36. The van der Waals surface area contributed by atoms with E-state index in [1.54, 1.807) is 12.5 Å². The molecule has 0 aliphatic carbocycles. The van der Waals surface area contributed by atoms with Crippen molar-refractivity contribution in [3.05, 3.63) is 75.0 Å². The van der Waals surface area contributed by atoms with Crippen LogP contribution >= 0.6 is 11.3 Å². The molecular formula is C19H13FN4O3S. The van der Waals surface area contributed by atoms with Crippen molar-refractivity contribution < 1.29 is 14.1 Å². The number of anilines is 1. The number of nitriles is 1. The van der Waals surface area contributed by atoms with Crippen LogP contribution in [-0.2, 0) is 0 Å². The van der Waals surface area contributed by atoms with Crippen LogP contribution in [0, 0.1) is 27.3 Å². The van der Waals surface area contributed by atoms with E-state index in [0.29, 0.717) is 10.7 Å². The second-order valence-electron chi connectivity index (χ2n) is 5.50. The van der Waals surface area contributed by atoms with Crippen LogP contribution in [0.5, 0.6) is 5.75 Å². The minimum atomic E-state index is -0.669. The van der Waals surface area contributed by atoms with Gasteiger partial charge in [-0.1, -0.05) is 0 Å². The Bertz CT molecular complexity index is 1090. The first-order valence-corrected chi connectivity index (χ1v) is 8.81. The van der Waals surface area contributed by atoms with Gasteiger partial charge in [-0.25, -0.2) is 9.37 Å². The molecule has 0 saturated heterocycles. The zero-order valence-corrected chi connectivity index (χ0v) is 15.4. The molecule has 3 rings (SSSR count). The highest BCUT2D eigenvalue weighted by Crippen LogP contribution is 2.28. The van der Waals surface area contributed by atoms with Crippen molar-refractivity contribution in [2.24, 2.45) is 0 Å². The maximum atomic E-state index is 13.9. The molecule has 28 heavy (non-hydrogen) atoms. The number of nitrogens with zero attached hydrogens (tertiary/aromatic N) is 3. The zero-order chi connectivity index (χ0) is 20.1. The van der Waals surface area contributed by atoms with Gasteiger partial charge in [-0.3, -0.25) is 10.1 Å². The Labute approximate surface area is 163 Å². The van der Waals surface area contributed by atoms with Crippen molar-refractivity contribution in [3.63, 3.8) is 0 Å². The maximum Gasteiger partial charge on any atom is 0.271 e. The third kappa shape index (κ3) is 4.13. The van der Waals surface area contributed by atoms with Crippen LogP contribution in [0.4, 0.5) is 15.8 Å². The van der Waals surface area contributed by atoms with Gasteiger partial charge in [-0.2, -0.15) is 5.26 Å². The molecule has 0 amide bonds. The van der Waals surface area contributed by atoms with E-state index >= 15 is 0 Å². The number of thiazole rings is 1. The monoisotopic (exact) mass is 396 g/mol. The fourth-order valence-corrected chi connectivity index (χ4v) is 3.12. The van der Waals surface area contributed by atoms with Gasteiger partial charge < -0.3 is 10.1 Å². The number of nitrogens with one attached hydrogen (secondary N) is 1. The number of nitro benzene ring substituents is 1. The van der Waals surface area contributed by atoms with Crippen molar-refractivity contribution in [1.29, 1.82) is 5.26 Å². The molecule has 140 valence electrons. The Morgan fingerprint density at radius 2 is 2.11 bits per heavy atom. The van der Waals surface area contributed by atoms with Crippen LogP contribution in [0.2, 0.25) is 0 Å². The van der Waals surface area contributed by atoms with Crippen LogP contribution < -0.4 is 10.1 Å². The van der Waals surface area contributed by atoms with Gasteiger partial charge in [0.05, 0.1) is 23.4 Å². The van der Waals surface area contributed by atoms with Crippen molar-refractivity contribution in [3.8, 4) is 23.1 Å². The summed E-state index contributed by atoms with van der Waals surface area (Å²) in [6.45, 7) is 0. The van der Waals surface area contributed by atoms with E-state index in [-0.39, 0.29) is 16.9 Å². The molecule has 0 radical (unpaired) electrons. The largest absolute Gasteiger partial charge is 0.497 e. The predicted molar refractivity (Wildman–Crippen MR) is 104 cm³/mol. The normalized spacial score (nSPS) is 11.0. The van der Waals surface area contributed by atoms with Gasteiger partial charge in [0.2, 0.25) is 0 Å². The van der Waals surface area contributed by atoms with E-state index in [1.807, 2.05) is 30.3 Å². The van der Waals surface area contributed by atoms with Gasteiger partial charge in [0.25, 0.3) is 5.69 Å². The number of benzene rings is 2. The number of ether oxygens (including phenoxy) is 1. The molecular weight excluding hydrogens is 383 g/mol. The summed E-state index contributed by atoms with van der Waals surface area (Å²) in [5.74, 6) is 0.0530. The molecule has 1 aromatic heterocycles. The van der Waals surface area contributed by atoms with E-state index < -0.39 is 10.7 Å². The molecule has 0 fully saturated rings. The van der Waals surface area contributed by atoms with E-state index in [1.165, 1.54) is 17.5 Å². The molecule has 1 N–H and O–H groups in total. The van der Waals surface area contributed by atoms with Gasteiger partial charge in [0.1, 0.15) is 28.2 Å². The van der Waals surface area contributed by atoms with Gasteiger partial charge in [0.15, 0.2) is 0 Å². The quantitative estimate of drug-likeness (QED) is 0.363. The fourth-order valence-electron chi connectivity index (χ4n) is 2.32. The molecule has 0 unspecified atom stereocenters. The summed E-state index contributed by atoms with van der Waals surface area (Å²) in [5, 5.41) is 25.1. The fraction of sp³-hybridized carbons (Fsp3) is 0.0526. The van der Waals surface area contributed by atoms with Crippen molar-refractivity contribution in [1.82, 2.24) is 4.98 Å². The van der Waals surface area contributed by atoms with E-state index in [2.05, 4.69) is 10.3 Å². The number of methoxy groups -OCH3 is 1. The zero-order valence-electron chi connectivity index (χ0n) is 14.5. The first-order chi connectivity index (χ1) is 13.5. The summed E-state index contributed by atoms with van der Waals surface area (Å²) in [7, 11) is 1.58. The molecule has 3 aromatic rings. The number of halogens is 1. The van der Waals surface area contributed by atoms with E-state index in [4.69, 9.17) is 4.74 Å². The number of nitro groups is 1. The number of aromatic nitrogens is 1. The number of hydrogen-bond acceptors (Lipinski definition) is 7. The first kappa shape index (κ1) is 19.0. The van der Waals surface area contributed by atoms with Crippen molar-refractivity contribution in [2.45, 2.75) is 0 Å².